The number of benzene rings is 1. The Morgan fingerprint density at radius 2 is 1.93 bits per heavy atom. The van der Waals surface area contributed by atoms with Gasteiger partial charge < -0.3 is 0 Å². The maximum Gasteiger partial charge on any atom is 0.0595 e. The van der Waals surface area contributed by atoms with Crippen molar-refractivity contribution in [3.05, 3.63) is 33.8 Å². The van der Waals surface area contributed by atoms with E-state index in [9.17, 15) is 0 Å². The predicted molar refractivity (Wildman–Crippen MR) is 67.6 cm³/mol. The first kappa shape index (κ1) is 12.4. The van der Waals surface area contributed by atoms with E-state index in [1.54, 1.807) is 0 Å². The second-order valence-electron chi connectivity index (χ2n) is 3.46. The van der Waals surface area contributed by atoms with Crippen LogP contribution in [0.1, 0.15) is 30.7 Å². The minimum absolute atomic E-state index is 0.349. The molecule has 0 bridgehead atoms. The number of alkyl halides is 1. The van der Waals surface area contributed by atoms with Crippen LogP contribution in [0.2, 0.25) is 10.0 Å². The third-order valence-electron chi connectivity index (χ3n) is 2.41. The molecule has 0 nitrogen and oxygen atoms in total. The Kier molecular flexibility index (Phi) is 4.75. The SMILES string of the molecule is CCC(C)C(Br)c1ccc(Cl)c(Cl)c1. The number of hydrogen-bond donors (Lipinski definition) is 0. The van der Waals surface area contributed by atoms with Gasteiger partial charge in [-0.3, -0.25) is 0 Å². The molecule has 0 saturated carbocycles. The molecular weight excluding hydrogens is 283 g/mol. The molecule has 2 atom stereocenters. The van der Waals surface area contributed by atoms with Gasteiger partial charge in [-0.15, -0.1) is 0 Å². The summed E-state index contributed by atoms with van der Waals surface area (Å²) in [5.74, 6) is 0.590. The molecule has 0 amide bonds. The van der Waals surface area contributed by atoms with Crippen molar-refractivity contribution in [2.45, 2.75) is 25.1 Å². The van der Waals surface area contributed by atoms with Crippen LogP contribution in [0.5, 0.6) is 0 Å². The third-order valence-corrected chi connectivity index (χ3v) is 4.58. The first-order valence-corrected chi connectivity index (χ1v) is 6.32. The molecule has 0 radical (unpaired) electrons. The van der Waals surface area contributed by atoms with E-state index in [4.69, 9.17) is 23.2 Å². The van der Waals surface area contributed by atoms with Crippen LogP contribution in [0.3, 0.4) is 0 Å². The van der Waals surface area contributed by atoms with Crippen LogP contribution in [0, 0.1) is 5.92 Å². The molecule has 0 aromatic heterocycles. The zero-order chi connectivity index (χ0) is 10.7. The van der Waals surface area contributed by atoms with Gasteiger partial charge in [-0.25, -0.2) is 0 Å². The number of rotatable bonds is 3. The van der Waals surface area contributed by atoms with Gasteiger partial charge >= 0.3 is 0 Å². The first-order chi connectivity index (χ1) is 6.56. The third kappa shape index (κ3) is 2.88. The van der Waals surface area contributed by atoms with E-state index in [1.165, 1.54) is 5.56 Å². The van der Waals surface area contributed by atoms with Gasteiger partial charge in [0.1, 0.15) is 0 Å². The highest BCUT2D eigenvalue weighted by Gasteiger charge is 2.15. The highest BCUT2D eigenvalue weighted by molar-refractivity contribution is 9.09. The lowest BCUT2D eigenvalue weighted by Crippen LogP contribution is -2.01. The fourth-order valence-electron chi connectivity index (χ4n) is 1.22. The van der Waals surface area contributed by atoms with E-state index in [2.05, 4.69) is 29.8 Å². The molecule has 0 saturated heterocycles. The summed E-state index contributed by atoms with van der Waals surface area (Å²) in [6.07, 6.45) is 1.14. The van der Waals surface area contributed by atoms with E-state index in [0.717, 1.165) is 6.42 Å². The maximum atomic E-state index is 5.95. The van der Waals surface area contributed by atoms with E-state index < -0.39 is 0 Å². The Hall–Kier alpha value is 0.280. The molecule has 1 aromatic carbocycles. The molecule has 2 unspecified atom stereocenters. The summed E-state index contributed by atoms with van der Waals surface area (Å²) in [5, 5.41) is 1.23. The zero-order valence-electron chi connectivity index (χ0n) is 8.23. The molecule has 0 heterocycles. The highest BCUT2D eigenvalue weighted by Crippen LogP contribution is 2.35. The van der Waals surface area contributed by atoms with Gasteiger partial charge in [0.25, 0.3) is 0 Å². The lowest BCUT2D eigenvalue weighted by molar-refractivity contribution is 0.555. The second-order valence-corrected chi connectivity index (χ2v) is 5.26. The summed E-state index contributed by atoms with van der Waals surface area (Å²) in [7, 11) is 0. The molecule has 0 N–H and O–H groups in total. The molecule has 0 aliphatic heterocycles. The van der Waals surface area contributed by atoms with Gasteiger partial charge in [-0.2, -0.15) is 0 Å². The maximum absolute atomic E-state index is 5.95. The van der Waals surface area contributed by atoms with Crippen LogP contribution in [0.25, 0.3) is 0 Å². The van der Waals surface area contributed by atoms with Crippen molar-refractivity contribution >= 4 is 39.1 Å². The quantitative estimate of drug-likeness (QED) is 0.648. The first-order valence-electron chi connectivity index (χ1n) is 4.65. The van der Waals surface area contributed by atoms with Crippen LogP contribution < -0.4 is 0 Å². The van der Waals surface area contributed by atoms with Crippen molar-refractivity contribution in [1.82, 2.24) is 0 Å². The molecule has 0 aliphatic rings. The monoisotopic (exact) mass is 294 g/mol. The lowest BCUT2D eigenvalue weighted by atomic mass is 9.99. The fraction of sp³-hybridized carbons (Fsp3) is 0.455. The van der Waals surface area contributed by atoms with Crippen molar-refractivity contribution in [3.8, 4) is 0 Å². The van der Waals surface area contributed by atoms with Crippen molar-refractivity contribution in [3.63, 3.8) is 0 Å². The van der Waals surface area contributed by atoms with Gasteiger partial charge in [-0.1, -0.05) is 65.5 Å². The zero-order valence-corrected chi connectivity index (χ0v) is 11.3. The van der Waals surface area contributed by atoms with Crippen LogP contribution in [-0.2, 0) is 0 Å². The Balaban J connectivity index is 2.91. The minimum atomic E-state index is 0.349. The Morgan fingerprint density at radius 3 is 2.43 bits per heavy atom. The summed E-state index contributed by atoms with van der Waals surface area (Å²) in [6, 6.07) is 5.78. The van der Waals surface area contributed by atoms with Crippen LogP contribution in [0.15, 0.2) is 18.2 Å². The molecule has 78 valence electrons. The van der Waals surface area contributed by atoms with Gasteiger partial charge in [-0.05, 0) is 23.6 Å². The molecule has 0 spiro atoms. The standard InChI is InChI=1S/C11H13BrCl2/c1-3-7(2)11(12)8-4-5-9(13)10(14)6-8/h4-7,11H,3H2,1-2H3. The minimum Gasteiger partial charge on any atom is -0.0836 e. The Bertz CT molecular complexity index is 312. The van der Waals surface area contributed by atoms with Gasteiger partial charge in [0, 0.05) is 4.83 Å². The topological polar surface area (TPSA) is 0 Å². The Morgan fingerprint density at radius 1 is 1.29 bits per heavy atom. The molecule has 1 aromatic rings. The number of hydrogen-bond acceptors (Lipinski definition) is 0. The molecule has 0 aliphatic carbocycles. The van der Waals surface area contributed by atoms with Crippen molar-refractivity contribution in [2.75, 3.05) is 0 Å². The largest absolute Gasteiger partial charge is 0.0836 e. The molecule has 0 fully saturated rings. The summed E-state index contributed by atoms with van der Waals surface area (Å²) >= 11 is 15.5. The predicted octanol–water partition coefficient (Wildman–Crippen LogP) is 5.48. The van der Waals surface area contributed by atoms with Gasteiger partial charge in [0.2, 0.25) is 0 Å². The van der Waals surface area contributed by atoms with E-state index >= 15 is 0 Å². The van der Waals surface area contributed by atoms with E-state index in [0.29, 0.717) is 20.8 Å². The fourth-order valence-corrected chi connectivity index (χ4v) is 2.18. The smallest absolute Gasteiger partial charge is 0.0595 e. The molecule has 3 heteroatoms. The summed E-state index contributed by atoms with van der Waals surface area (Å²) in [4.78, 5) is 0.349. The normalized spacial score (nSPS) is 15.2. The average Bonchev–Trinajstić information content (AvgIpc) is 2.20. The van der Waals surface area contributed by atoms with Gasteiger partial charge in [0.15, 0.2) is 0 Å². The summed E-state index contributed by atoms with van der Waals surface area (Å²) in [5.41, 5.74) is 1.19. The van der Waals surface area contributed by atoms with Crippen LogP contribution in [-0.4, -0.2) is 0 Å². The van der Waals surface area contributed by atoms with Gasteiger partial charge in [0.05, 0.1) is 10.0 Å². The molecular formula is C11H13BrCl2. The second kappa shape index (κ2) is 5.39. The van der Waals surface area contributed by atoms with Crippen molar-refractivity contribution < 1.29 is 0 Å². The number of halogens is 3. The van der Waals surface area contributed by atoms with Crippen molar-refractivity contribution in [2.24, 2.45) is 5.92 Å². The van der Waals surface area contributed by atoms with E-state index in [1.807, 2.05) is 18.2 Å². The summed E-state index contributed by atoms with van der Waals surface area (Å²) in [6.45, 7) is 4.39. The molecule has 14 heavy (non-hydrogen) atoms. The molecule has 1 rings (SSSR count). The van der Waals surface area contributed by atoms with E-state index in [-0.39, 0.29) is 0 Å². The average molecular weight is 296 g/mol. The Labute approximate surface area is 104 Å². The van der Waals surface area contributed by atoms with Crippen molar-refractivity contribution in [1.29, 1.82) is 0 Å². The van der Waals surface area contributed by atoms with Crippen LogP contribution >= 0.6 is 39.1 Å². The highest BCUT2D eigenvalue weighted by atomic mass is 79.9. The summed E-state index contributed by atoms with van der Waals surface area (Å²) < 4.78 is 0. The lowest BCUT2D eigenvalue weighted by Gasteiger charge is -2.17. The van der Waals surface area contributed by atoms with Crippen LogP contribution in [0.4, 0.5) is 0 Å².